The van der Waals surface area contributed by atoms with E-state index in [0.29, 0.717) is 0 Å². The maximum Gasteiger partial charge on any atom is 0.180 e. The maximum absolute atomic E-state index is 5.92. The van der Waals surface area contributed by atoms with Crippen LogP contribution >= 0.6 is 0 Å². The molecular formula is C18H14O. The van der Waals surface area contributed by atoms with Crippen molar-refractivity contribution in [1.29, 1.82) is 0 Å². The van der Waals surface area contributed by atoms with Gasteiger partial charge in [0.25, 0.3) is 0 Å². The fraction of sp³-hybridized carbons (Fsp3) is 0.111. The second-order valence-corrected chi connectivity index (χ2v) is 4.56. The molecule has 0 spiro atoms. The molecule has 0 radical (unpaired) electrons. The molecule has 1 heterocycles. The summed E-state index contributed by atoms with van der Waals surface area (Å²) in [5, 5.41) is 0. The Morgan fingerprint density at radius 3 is 2.53 bits per heavy atom. The van der Waals surface area contributed by atoms with Gasteiger partial charge >= 0.3 is 0 Å². The second kappa shape index (κ2) is 5.04. The molecule has 1 unspecified atom stereocenters. The predicted octanol–water partition coefficient (Wildman–Crippen LogP) is 3.90. The molecule has 1 nitrogen and oxygen atoms in total. The molecule has 0 amide bonds. The lowest BCUT2D eigenvalue weighted by Gasteiger charge is -2.21. The van der Waals surface area contributed by atoms with Crippen LogP contribution in [0.3, 0.4) is 0 Å². The topological polar surface area (TPSA) is 9.23 Å². The van der Waals surface area contributed by atoms with Crippen LogP contribution in [0.15, 0.2) is 60.2 Å². The summed E-state index contributed by atoms with van der Waals surface area (Å²) in [4.78, 5) is 0. The largest absolute Gasteiger partial charge is 0.473 e. The lowest BCUT2D eigenvalue weighted by Crippen LogP contribution is -2.19. The molecule has 0 N–H and O–H groups in total. The van der Waals surface area contributed by atoms with Crippen molar-refractivity contribution in [1.82, 2.24) is 0 Å². The van der Waals surface area contributed by atoms with Gasteiger partial charge in [-0.1, -0.05) is 42.3 Å². The van der Waals surface area contributed by atoms with Gasteiger partial charge in [0.05, 0.1) is 0 Å². The number of benzene rings is 2. The summed E-state index contributed by atoms with van der Waals surface area (Å²) in [6.45, 7) is 2.06. The first-order valence-electron chi connectivity index (χ1n) is 6.33. The van der Waals surface area contributed by atoms with E-state index in [1.54, 1.807) is 0 Å². The molecule has 1 aliphatic rings. The van der Waals surface area contributed by atoms with Gasteiger partial charge in [0, 0.05) is 11.1 Å². The average Bonchev–Trinajstić information content (AvgIpc) is 2.46. The zero-order chi connectivity index (χ0) is 13.1. The molecule has 1 aliphatic heterocycles. The first-order chi connectivity index (χ1) is 9.33. The average molecular weight is 246 g/mol. The molecule has 2 aromatic carbocycles. The quantitative estimate of drug-likeness (QED) is 0.640. The Kier molecular flexibility index (Phi) is 3.08. The fourth-order valence-corrected chi connectivity index (χ4v) is 2.06. The molecule has 1 heteroatoms. The summed E-state index contributed by atoms with van der Waals surface area (Å²) in [6, 6.07) is 18.0. The van der Waals surface area contributed by atoms with Gasteiger partial charge in [-0.3, -0.25) is 0 Å². The summed E-state index contributed by atoms with van der Waals surface area (Å²) in [6.07, 6.45) is 1.98. The Morgan fingerprint density at radius 2 is 1.68 bits per heavy atom. The van der Waals surface area contributed by atoms with Crippen molar-refractivity contribution in [3.63, 3.8) is 0 Å². The molecule has 0 bridgehead atoms. The van der Waals surface area contributed by atoms with Gasteiger partial charge in [-0.25, -0.2) is 0 Å². The Hall–Kier alpha value is -2.46. The highest BCUT2D eigenvalue weighted by Gasteiger charge is 2.16. The van der Waals surface area contributed by atoms with Gasteiger partial charge in [-0.15, -0.1) is 0 Å². The molecular weight excluding hydrogens is 232 g/mol. The molecule has 92 valence electrons. The highest BCUT2D eigenvalue weighted by molar-refractivity contribution is 5.63. The summed E-state index contributed by atoms with van der Waals surface area (Å²) < 4.78 is 5.92. The van der Waals surface area contributed by atoms with E-state index in [4.69, 9.17) is 4.74 Å². The summed E-state index contributed by atoms with van der Waals surface area (Å²) >= 11 is 0. The van der Waals surface area contributed by atoms with E-state index < -0.39 is 0 Å². The molecule has 3 rings (SSSR count). The number of ether oxygens (including phenoxy) is 1. The van der Waals surface area contributed by atoms with E-state index in [0.717, 1.165) is 22.4 Å². The number of rotatable bonds is 0. The minimum absolute atomic E-state index is 0.157. The Bertz CT molecular complexity index is 672. The summed E-state index contributed by atoms with van der Waals surface area (Å²) in [5.41, 5.74) is 3.28. The molecule has 19 heavy (non-hydrogen) atoms. The second-order valence-electron chi connectivity index (χ2n) is 4.56. The molecule has 0 saturated carbocycles. The molecule has 0 aliphatic carbocycles. The van der Waals surface area contributed by atoms with Crippen LogP contribution in [0.4, 0.5) is 0 Å². The van der Waals surface area contributed by atoms with Crippen molar-refractivity contribution in [3.8, 4) is 17.6 Å². The number of hydrogen-bond acceptors (Lipinski definition) is 1. The summed E-state index contributed by atoms with van der Waals surface area (Å²) in [7, 11) is 0. The third-order valence-electron chi connectivity index (χ3n) is 3.08. The minimum atomic E-state index is -0.157. The molecule has 0 saturated heterocycles. The first kappa shape index (κ1) is 11.6. The molecule has 2 aromatic rings. The van der Waals surface area contributed by atoms with Crippen molar-refractivity contribution < 1.29 is 4.74 Å². The summed E-state index contributed by atoms with van der Waals surface area (Å²) in [5.74, 6) is 7.25. The van der Waals surface area contributed by atoms with Gasteiger partial charge in [0.2, 0.25) is 0 Å². The van der Waals surface area contributed by atoms with Crippen LogP contribution in [-0.4, -0.2) is 6.10 Å². The lowest BCUT2D eigenvalue weighted by molar-refractivity contribution is 0.288. The zero-order valence-corrected chi connectivity index (χ0v) is 10.8. The zero-order valence-electron chi connectivity index (χ0n) is 10.8. The van der Waals surface area contributed by atoms with Crippen LogP contribution in [0.2, 0.25) is 0 Å². The van der Waals surface area contributed by atoms with Crippen molar-refractivity contribution in [2.24, 2.45) is 0 Å². The number of hydrogen-bond donors (Lipinski definition) is 0. The van der Waals surface area contributed by atoms with E-state index in [1.165, 1.54) is 0 Å². The van der Waals surface area contributed by atoms with E-state index in [2.05, 4.69) is 30.9 Å². The third-order valence-corrected chi connectivity index (χ3v) is 3.08. The maximum atomic E-state index is 5.92. The van der Waals surface area contributed by atoms with Crippen LogP contribution < -0.4 is 4.74 Å². The number of fused-ring (bicyclic) bond motifs is 1. The normalized spacial score (nSPS) is 16.5. The van der Waals surface area contributed by atoms with Gasteiger partial charge in [-0.05, 0) is 42.7 Å². The highest BCUT2D eigenvalue weighted by Crippen LogP contribution is 2.28. The van der Waals surface area contributed by atoms with Gasteiger partial charge in [-0.2, -0.15) is 0 Å². The van der Waals surface area contributed by atoms with Crippen LogP contribution in [0, 0.1) is 11.8 Å². The highest BCUT2D eigenvalue weighted by atomic mass is 16.5. The van der Waals surface area contributed by atoms with Crippen LogP contribution in [0.5, 0.6) is 5.75 Å². The lowest BCUT2D eigenvalue weighted by atomic mass is 10.0. The Labute approximate surface area is 113 Å². The van der Waals surface area contributed by atoms with Crippen molar-refractivity contribution in [2.75, 3.05) is 0 Å². The van der Waals surface area contributed by atoms with E-state index in [9.17, 15) is 0 Å². The monoisotopic (exact) mass is 246 g/mol. The van der Waals surface area contributed by atoms with Crippen LogP contribution in [0.1, 0.15) is 18.1 Å². The van der Waals surface area contributed by atoms with Gasteiger partial charge in [0.1, 0.15) is 5.75 Å². The molecule has 0 fully saturated rings. The van der Waals surface area contributed by atoms with Gasteiger partial charge < -0.3 is 4.74 Å². The first-order valence-corrected chi connectivity index (χ1v) is 6.33. The minimum Gasteiger partial charge on any atom is -0.473 e. The van der Waals surface area contributed by atoms with E-state index in [1.807, 2.05) is 48.5 Å². The smallest absolute Gasteiger partial charge is 0.180 e. The van der Waals surface area contributed by atoms with Gasteiger partial charge in [0.15, 0.2) is 6.10 Å². The fourth-order valence-electron chi connectivity index (χ4n) is 2.06. The molecule has 0 aromatic heterocycles. The van der Waals surface area contributed by atoms with Crippen LogP contribution in [0.25, 0.3) is 6.08 Å². The SMILES string of the molecule is CC1=Cc2ccccc2OC1C#Cc1ccccc1. The van der Waals surface area contributed by atoms with E-state index >= 15 is 0 Å². The Morgan fingerprint density at radius 1 is 0.947 bits per heavy atom. The van der Waals surface area contributed by atoms with Crippen molar-refractivity contribution >= 4 is 6.08 Å². The third kappa shape index (κ3) is 2.53. The molecule has 1 atom stereocenters. The van der Waals surface area contributed by atoms with Crippen LogP contribution in [-0.2, 0) is 0 Å². The Balaban J connectivity index is 1.88. The number of para-hydroxylation sites is 1. The van der Waals surface area contributed by atoms with Crippen molar-refractivity contribution in [3.05, 3.63) is 71.3 Å². The standard InChI is InChI=1S/C18H14O/c1-14-13-16-9-5-6-10-18(16)19-17(14)12-11-15-7-3-2-4-8-15/h2-10,13,17H,1H3. The predicted molar refractivity (Wildman–Crippen MR) is 77.8 cm³/mol. The van der Waals surface area contributed by atoms with E-state index in [-0.39, 0.29) is 6.10 Å². The van der Waals surface area contributed by atoms with Crippen molar-refractivity contribution in [2.45, 2.75) is 13.0 Å².